The van der Waals surface area contributed by atoms with Crippen LogP contribution in [0.25, 0.3) is 10.2 Å². The molecule has 164 valence electrons. The van der Waals surface area contributed by atoms with Gasteiger partial charge in [-0.2, -0.15) is 0 Å². The number of fused-ring (bicyclic) bond motifs is 1. The van der Waals surface area contributed by atoms with Gasteiger partial charge in [-0.3, -0.25) is 9.59 Å². The highest BCUT2D eigenvalue weighted by Crippen LogP contribution is 2.24. The summed E-state index contributed by atoms with van der Waals surface area (Å²) >= 11 is 1.69. The average molecular weight is 440 g/mol. The second-order valence-electron chi connectivity index (χ2n) is 8.09. The van der Waals surface area contributed by atoms with Crippen LogP contribution < -0.4 is 0 Å². The zero-order valence-electron chi connectivity index (χ0n) is 18.0. The first-order valence-electron chi connectivity index (χ1n) is 11.0. The van der Waals surface area contributed by atoms with Crippen molar-refractivity contribution in [2.24, 2.45) is 7.05 Å². The highest BCUT2D eigenvalue weighted by atomic mass is 32.1. The molecule has 0 saturated carbocycles. The van der Waals surface area contributed by atoms with E-state index >= 15 is 0 Å². The van der Waals surface area contributed by atoms with Gasteiger partial charge in [0.2, 0.25) is 0 Å². The lowest BCUT2D eigenvalue weighted by atomic mass is 9.99. The first-order valence-corrected chi connectivity index (χ1v) is 11.9. The van der Waals surface area contributed by atoms with Crippen molar-refractivity contribution in [1.29, 1.82) is 0 Å². The number of esters is 1. The van der Waals surface area contributed by atoms with E-state index in [1.165, 1.54) is 4.70 Å². The van der Waals surface area contributed by atoms with Gasteiger partial charge in [0.05, 0.1) is 21.8 Å². The lowest BCUT2D eigenvalue weighted by Gasteiger charge is -2.35. The van der Waals surface area contributed by atoms with Crippen LogP contribution in [0.2, 0.25) is 0 Å². The summed E-state index contributed by atoms with van der Waals surface area (Å²) in [6, 6.07) is 12.0. The molecule has 1 fully saturated rings. The number of aryl methyl sites for hydroxylation is 2. The molecular weight excluding hydrogens is 410 g/mol. The number of para-hydroxylation sites is 1. The van der Waals surface area contributed by atoms with Gasteiger partial charge < -0.3 is 14.2 Å². The number of thiazole rings is 1. The number of hydrogen-bond acceptors (Lipinski definition) is 5. The van der Waals surface area contributed by atoms with Gasteiger partial charge in [0.1, 0.15) is 5.69 Å². The van der Waals surface area contributed by atoms with Gasteiger partial charge in [0.25, 0.3) is 5.91 Å². The summed E-state index contributed by atoms with van der Waals surface area (Å²) in [5.74, 6) is -0.100. The molecule has 4 rings (SSSR count). The smallest absolute Gasteiger partial charge is 0.305 e. The monoisotopic (exact) mass is 439 g/mol. The maximum atomic E-state index is 12.9. The molecule has 3 heterocycles. The van der Waals surface area contributed by atoms with Crippen LogP contribution in [0, 0.1) is 0 Å². The number of benzene rings is 1. The zero-order valence-corrected chi connectivity index (χ0v) is 18.8. The summed E-state index contributed by atoms with van der Waals surface area (Å²) in [5.41, 5.74) is 1.73. The Labute approximate surface area is 186 Å². The normalized spacial score (nSPS) is 16.5. The molecule has 0 aliphatic carbocycles. The molecule has 0 spiro atoms. The Balaban J connectivity index is 1.20. The summed E-state index contributed by atoms with van der Waals surface area (Å²) in [6.07, 6.45) is 7.60. The van der Waals surface area contributed by atoms with Crippen LogP contribution in [0.5, 0.6) is 0 Å². The molecular formula is C24H29N3O3S. The van der Waals surface area contributed by atoms with Crippen LogP contribution in [-0.4, -0.2) is 45.5 Å². The van der Waals surface area contributed by atoms with Gasteiger partial charge in [-0.1, -0.05) is 12.1 Å². The number of hydrogen-bond donors (Lipinski definition) is 0. The molecule has 0 N–H and O–H groups in total. The predicted octanol–water partition coefficient (Wildman–Crippen LogP) is 4.59. The van der Waals surface area contributed by atoms with Gasteiger partial charge in [-0.25, -0.2) is 4.98 Å². The molecule has 1 aromatic carbocycles. The fourth-order valence-electron chi connectivity index (χ4n) is 4.19. The number of likely N-dealkylation sites (tertiary alicyclic amines) is 1. The Hall–Kier alpha value is -2.67. The van der Waals surface area contributed by atoms with Crippen LogP contribution >= 0.6 is 11.3 Å². The summed E-state index contributed by atoms with van der Waals surface area (Å²) in [6.45, 7) is 1.13. The third-order valence-corrected chi connectivity index (χ3v) is 6.97. The van der Waals surface area contributed by atoms with E-state index in [0.29, 0.717) is 25.1 Å². The van der Waals surface area contributed by atoms with Gasteiger partial charge in [-0.05, 0) is 56.4 Å². The summed E-state index contributed by atoms with van der Waals surface area (Å²) < 4.78 is 8.53. The van der Waals surface area contributed by atoms with Gasteiger partial charge >= 0.3 is 5.97 Å². The lowest BCUT2D eigenvalue weighted by molar-refractivity contribution is -0.144. The molecule has 1 atom stereocenters. The Bertz CT molecular complexity index is 1010. The number of carbonyl (C=O) groups is 2. The van der Waals surface area contributed by atoms with E-state index in [-0.39, 0.29) is 17.9 Å². The number of ether oxygens (including phenoxy) is 1. The minimum Gasteiger partial charge on any atom is -0.466 e. The molecule has 2 aromatic heterocycles. The number of carbonyl (C=O) groups excluding carboxylic acids is 2. The molecule has 6 nitrogen and oxygen atoms in total. The third-order valence-electron chi connectivity index (χ3n) is 5.87. The SMILES string of the molecule is Cn1cccc1C(=O)N1CCCCC1CCOC(=O)CCCc1nc2ccccc2s1. The van der Waals surface area contributed by atoms with Gasteiger partial charge in [0, 0.05) is 38.7 Å². The first kappa shape index (κ1) is 21.6. The molecule has 1 aliphatic rings. The van der Waals surface area contributed by atoms with Crippen molar-refractivity contribution < 1.29 is 14.3 Å². The zero-order chi connectivity index (χ0) is 21.6. The number of nitrogens with zero attached hydrogens (tertiary/aromatic N) is 3. The number of rotatable bonds is 8. The van der Waals surface area contributed by atoms with E-state index in [9.17, 15) is 9.59 Å². The van der Waals surface area contributed by atoms with Crippen molar-refractivity contribution in [2.45, 2.75) is 51.0 Å². The highest BCUT2D eigenvalue weighted by Gasteiger charge is 2.28. The largest absolute Gasteiger partial charge is 0.466 e. The maximum Gasteiger partial charge on any atom is 0.305 e. The topological polar surface area (TPSA) is 64.4 Å². The summed E-state index contributed by atoms with van der Waals surface area (Å²) in [4.78, 5) is 31.7. The molecule has 31 heavy (non-hydrogen) atoms. The Morgan fingerprint density at radius 3 is 2.87 bits per heavy atom. The summed E-state index contributed by atoms with van der Waals surface area (Å²) in [7, 11) is 1.89. The standard InChI is InChI=1S/C24H29N3O3S/c1-26-15-7-10-20(26)24(29)27-16-5-4-8-18(27)14-17-30-23(28)13-6-12-22-25-19-9-2-3-11-21(19)31-22/h2-3,7,9-11,15,18H,4-6,8,12-14,16-17H2,1H3. The van der Waals surface area contributed by atoms with E-state index in [2.05, 4.69) is 11.1 Å². The molecule has 1 aliphatic heterocycles. The second-order valence-corrected chi connectivity index (χ2v) is 9.21. The quantitative estimate of drug-likeness (QED) is 0.482. The fourth-order valence-corrected chi connectivity index (χ4v) is 5.20. The number of amides is 1. The van der Waals surface area contributed by atoms with Crippen LogP contribution in [0.4, 0.5) is 0 Å². The van der Waals surface area contributed by atoms with Crippen molar-refractivity contribution in [3.8, 4) is 0 Å². The van der Waals surface area contributed by atoms with Crippen LogP contribution in [0.3, 0.4) is 0 Å². The second kappa shape index (κ2) is 10.1. The van der Waals surface area contributed by atoms with Crippen molar-refractivity contribution >= 4 is 33.4 Å². The minimum absolute atomic E-state index is 0.0689. The maximum absolute atomic E-state index is 12.9. The van der Waals surface area contributed by atoms with Crippen LogP contribution in [-0.2, 0) is 23.0 Å². The fraction of sp³-hybridized carbons (Fsp3) is 0.458. The van der Waals surface area contributed by atoms with E-state index in [1.54, 1.807) is 11.3 Å². The number of aromatic nitrogens is 2. The van der Waals surface area contributed by atoms with E-state index in [0.717, 1.165) is 49.2 Å². The first-order chi connectivity index (χ1) is 15.1. The molecule has 0 radical (unpaired) electrons. The Kier molecular flexibility index (Phi) is 7.02. The van der Waals surface area contributed by atoms with E-state index < -0.39 is 0 Å². The van der Waals surface area contributed by atoms with Crippen LogP contribution in [0.15, 0.2) is 42.6 Å². The number of piperidine rings is 1. The third kappa shape index (κ3) is 5.34. The van der Waals surface area contributed by atoms with E-state index in [1.807, 2.05) is 53.0 Å². The van der Waals surface area contributed by atoms with E-state index in [4.69, 9.17) is 4.74 Å². The van der Waals surface area contributed by atoms with Gasteiger partial charge in [0.15, 0.2) is 0 Å². The van der Waals surface area contributed by atoms with Gasteiger partial charge in [-0.15, -0.1) is 11.3 Å². The predicted molar refractivity (Wildman–Crippen MR) is 122 cm³/mol. The summed E-state index contributed by atoms with van der Waals surface area (Å²) in [5, 5.41) is 1.06. The molecule has 1 saturated heterocycles. The van der Waals surface area contributed by atoms with Crippen molar-refractivity contribution in [1.82, 2.24) is 14.5 Å². The van der Waals surface area contributed by atoms with Crippen molar-refractivity contribution in [3.63, 3.8) is 0 Å². The van der Waals surface area contributed by atoms with Crippen molar-refractivity contribution in [3.05, 3.63) is 53.3 Å². The molecule has 3 aromatic rings. The lowest BCUT2D eigenvalue weighted by Crippen LogP contribution is -2.44. The Morgan fingerprint density at radius 1 is 1.19 bits per heavy atom. The average Bonchev–Trinajstić information content (AvgIpc) is 3.39. The molecule has 1 unspecified atom stereocenters. The highest BCUT2D eigenvalue weighted by molar-refractivity contribution is 7.18. The minimum atomic E-state index is -0.169. The molecule has 0 bridgehead atoms. The molecule has 7 heteroatoms. The Morgan fingerprint density at radius 2 is 2.06 bits per heavy atom. The van der Waals surface area contributed by atoms with Crippen molar-refractivity contribution in [2.75, 3.05) is 13.2 Å². The molecule has 1 amide bonds. The van der Waals surface area contributed by atoms with Crippen LogP contribution in [0.1, 0.15) is 54.0 Å².